The number of carbonyl (C=O) groups excluding carboxylic acids is 6. The second-order valence-electron chi connectivity index (χ2n) is 12.7. The van der Waals surface area contributed by atoms with Crippen LogP contribution in [-0.4, -0.2) is 104 Å². The maximum absolute atomic E-state index is 14.3. The number of rotatable bonds is 15. The van der Waals surface area contributed by atoms with E-state index in [9.17, 15) is 33.9 Å². The Labute approximate surface area is 406 Å². The van der Waals surface area contributed by atoms with E-state index in [1.54, 1.807) is 11.8 Å². The number of hydrogen-bond acceptors (Lipinski definition) is 8. The van der Waals surface area contributed by atoms with Gasteiger partial charge in [-0.2, -0.15) is 0 Å². The Balaban J connectivity index is 2.00. The van der Waals surface area contributed by atoms with Gasteiger partial charge in [-0.1, -0.05) is 6.92 Å². The Morgan fingerprint density at radius 1 is 0.804 bits per heavy atom. The first-order valence-electron chi connectivity index (χ1n) is 17.1. The van der Waals surface area contributed by atoms with Crippen molar-refractivity contribution in [3.05, 3.63) is 49.2 Å². The molecule has 16 nitrogen and oxygen atoms in total. The molecule has 3 rings (SSSR count). The van der Waals surface area contributed by atoms with Gasteiger partial charge in [0.2, 0.25) is 11.8 Å². The number of benzene rings is 2. The highest BCUT2D eigenvalue weighted by Gasteiger charge is 2.33. The van der Waals surface area contributed by atoms with Gasteiger partial charge in [0.25, 0.3) is 23.6 Å². The second-order valence-corrected chi connectivity index (χ2v) is 19.1. The number of amides is 6. The smallest absolute Gasteiger partial charge is 0.254 e. The number of halogens is 6. The molecule has 2 aromatic carbocycles. The van der Waals surface area contributed by atoms with Crippen molar-refractivity contribution in [2.24, 2.45) is 22.4 Å². The van der Waals surface area contributed by atoms with Gasteiger partial charge in [0.05, 0.1) is 48.2 Å². The fourth-order valence-corrected chi connectivity index (χ4v) is 14.2. The standard InChI is InChI=1S/C34H41I6N9O7/c1-14-6-10-49(11-7-14)33(56)16(5-4-8-45-34(41)42)47-32(55)21-25(38)20(30(53)44-9-12-50)26(39)28(27(21)40)48-17(51)13-46-31(54)19-23(36)15(2)22(35)18(24(19)37)29(52)43-3/h14,16,50H,4-13H2,1-3H3,(H,43,52)(H,44,53)(H,46,54)(H,47,55)(H,48,51)(H4,41,42,45). The van der Waals surface area contributed by atoms with Crippen molar-refractivity contribution in [1.82, 2.24) is 26.2 Å². The molecular formula is C34H41I6N9O7. The minimum Gasteiger partial charge on any atom is -0.395 e. The molecule has 1 aliphatic rings. The molecule has 0 aromatic heterocycles. The predicted molar refractivity (Wildman–Crippen MR) is 264 cm³/mol. The zero-order chi connectivity index (χ0) is 42.0. The van der Waals surface area contributed by atoms with E-state index in [0.29, 0.717) is 48.8 Å². The monoisotopic (exact) mass is 1450 g/mol. The summed E-state index contributed by atoms with van der Waals surface area (Å²) in [7, 11) is 1.50. The van der Waals surface area contributed by atoms with Gasteiger partial charge in [-0.3, -0.25) is 33.8 Å². The summed E-state index contributed by atoms with van der Waals surface area (Å²) in [5, 5.41) is 22.9. The lowest BCUT2D eigenvalue weighted by molar-refractivity contribution is -0.134. The summed E-state index contributed by atoms with van der Waals surface area (Å²) in [5.74, 6) is -2.69. The van der Waals surface area contributed by atoms with Crippen LogP contribution in [0.3, 0.4) is 0 Å². The van der Waals surface area contributed by atoms with Crippen LogP contribution in [0.2, 0.25) is 0 Å². The number of aliphatic hydroxyl groups is 1. The Kier molecular flexibility index (Phi) is 20.2. The van der Waals surface area contributed by atoms with E-state index in [1.165, 1.54) is 7.05 Å². The topological polar surface area (TPSA) is 250 Å². The van der Waals surface area contributed by atoms with Crippen molar-refractivity contribution in [2.75, 3.05) is 51.7 Å². The quantitative estimate of drug-likeness (QED) is 0.0562. The van der Waals surface area contributed by atoms with Crippen LogP contribution in [-0.2, 0) is 9.59 Å². The Bertz CT molecular complexity index is 1920. The highest BCUT2D eigenvalue weighted by Crippen LogP contribution is 2.36. The van der Waals surface area contributed by atoms with Gasteiger partial charge < -0.3 is 48.1 Å². The van der Waals surface area contributed by atoms with Crippen LogP contribution in [0, 0.1) is 34.3 Å². The van der Waals surface area contributed by atoms with Crippen molar-refractivity contribution in [2.45, 2.75) is 45.6 Å². The number of aliphatic imine (C=N–C) groups is 1. The third-order valence-corrected chi connectivity index (χ3v) is 15.7. The zero-order valence-electron chi connectivity index (χ0n) is 30.4. The summed E-state index contributed by atoms with van der Waals surface area (Å²) < 4.78 is 2.62. The number of likely N-dealkylation sites (tertiary alicyclic amines) is 1. The van der Waals surface area contributed by atoms with Gasteiger partial charge in [-0.15, -0.1) is 0 Å². The number of nitrogens with zero attached hydrogens (tertiary/aromatic N) is 2. The Morgan fingerprint density at radius 2 is 1.32 bits per heavy atom. The van der Waals surface area contributed by atoms with Crippen molar-refractivity contribution in [3.8, 4) is 0 Å². The van der Waals surface area contributed by atoms with E-state index in [0.717, 1.165) is 18.4 Å². The lowest BCUT2D eigenvalue weighted by Crippen LogP contribution is -2.51. The molecule has 1 fully saturated rings. The number of nitrogens with two attached hydrogens (primary N) is 2. The number of piperidine rings is 1. The highest BCUT2D eigenvalue weighted by atomic mass is 127. The molecule has 56 heavy (non-hydrogen) atoms. The predicted octanol–water partition coefficient (Wildman–Crippen LogP) is 3.48. The van der Waals surface area contributed by atoms with Crippen LogP contribution >= 0.6 is 136 Å². The molecule has 10 N–H and O–H groups in total. The van der Waals surface area contributed by atoms with Gasteiger partial charge in [0.1, 0.15) is 6.04 Å². The SMILES string of the molecule is CNC(=O)c1c(I)c(C)c(I)c(C(=O)NCC(=O)Nc2c(I)c(C(=O)NCCO)c(I)c(C(=O)NC(CCCN=C(N)N)C(=O)N3CCC(C)CC3)c2I)c1I. The zero-order valence-corrected chi connectivity index (χ0v) is 43.4. The fraction of sp³-hybridized carbons (Fsp3) is 0.441. The third kappa shape index (κ3) is 12.5. The first-order valence-corrected chi connectivity index (χ1v) is 23.6. The van der Waals surface area contributed by atoms with E-state index < -0.39 is 36.2 Å². The molecule has 1 heterocycles. The summed E-state index contributed by atoms with van der Waals surface area (Å²) in [4.78, 5) is 87.1. The highest BCUT2D eigenvalue weighted by molar-refractivity contribution is 14.1. The molecule has 0 bridgehead atoms. The van der Waals surface area contributed by atoms with Crippen LogP contribution in [0.15, 0.2) is 4.99 Å². The van der Waals surface area contributed by atoms with E-state index in [-0.39, 0.29) is 69.8 Å². The Hall–Kier alpha value is -1.13. The average Bonchev–Trinajstić information content (AvgIpc) is 3.15. The van der Waals surface area contributed by atoms with Gasteiger partial charge in [-0.05, 0) is 180 Å². The largest absolute Gasteiger partial charge is 0.395 e. The summed E-state index contributed by atoms with van der Waals surface area (Å²) >= 11 is 11.8. The van der Waals surface area contributed by atoms with Crippen LogP contribution in [0.5, 0.6) is 0 Å². The molecular weight excluding hydrogens is 1410 g/mol. The summed E-state index contributed by atoms with van der Waals surface area (Å²) in [6.07, 6.45) is 2.31. The van der Waals surface area contributed by atoms with Crippen LogP contribution in [0.4, 0.5) is 5.69 Å². The molecule has 1 atom stereocenters. The summed E-state index contributed by atoms with van der Waals surface area (Å²) in [6, 6.07) is -0.935. The van der Waals surface area contributed by atoms with Crippen molar-refractivity contribution < 1.29 is 33.9 Å². The number of nitrogens with one attached hydrogen (secondary N) is 5. The second kappa shape index (κ2) is 23.0. The number of guanidine groups is 1. The molecule has 0 spiro atoms. The lowest BCUT2D eigenvalue weighted by atomic mass is 9.98. The maximum atomic E-state index is 14.3. The third-order valence-electron chi connectivity index (χ3n) is 8.70. The first kappa shape index (κ1) is 49.2. The molecule has 1 aliphatic heterocycles. The van der Waals surface area contributed by atoms with Gasteiger partial charge >= 0.3 is 0 Å². The number of carbonyl (C=O) groups is 6. The lowest BCUT2D eigenvalue weighted by Gasteiger charge is -2.33. The fourth-order valence-electron chi connectivity index (χ4n) is 5.62. The summed E-state index contributed by atoms with van der Waals surface area (Å²) in [6.45, 7) is 4.40. The number of anilines is 1. The van der Waals surface area contributed by atoms with E-state index >= 15 is 0 Å². The average molecular weight is 1450 g/mol. The first-order chi connectivity index (χ1) is 26.4. The maximum Gasteiger partial charge on any atom is 0.254 e. The molecule has 0 saturated carbocycles. The van der Waals surface area contributed by atoms with Gasteiger partial charge in [0, 0.05) is 47.5 Å². The minimum absolute atomic E-state index is 0.0505. The van der Waals surface area contributed by atoms with Gasteiger partial charge in [-0.25, -0.2) is 0 Å². The molecule has 0 radical (unpaired) electrons. The number of aliphatic hydroxyl groups excluding tert-OH is 1. The van der Waals surface area contributed by atoms with Crippen molar-refractivity contribution in [3.63, 3.8) is 0 Å². The van der Waals surface area contributed by atoms with Crippen molar-refractivity contribution in [1.29, 1.82) is 0 Å². The van der Waals surface area contributed by atoms with Crippen LogP contribution in [0.1, 0.15) is 79.6 Å². The molecule has 306 valence electrons. The van der Waals surface area contributed by atoms with Crippen LogP contribution < -0.4 is 38.1 Å². The molecule has 6 amide bonds. The van der Waals surface area contributed by atoms with E-state index in [2.05, 4.69) is 61.1 Å². The van der Waals surface area contributed by atoms with Crippen LogP contribution in [0.25, 0.3) is 0 Å². The molecule has 0 aliphatic carbocycles. The van der Waals surface area contributed by atoms with Gasteiger partial charge in [0.15, 0.2) is 5.96 Å². The minimum atomic E-state index is -0.935. The summed E-state index contributed by atoms with van der Waals surface area (Å²) in [5.41, 5.74) is 12.6. The Morgan fingerprint density at radius 3 is 1.86 bits per heavy atom. The number of hydrogen-bond donors (Lipinski definition) is 8. The molecule has 2 aromatic rings. The normalized spacial score (nSPS) is 13.4. The molecule has 1 saturated heterocycles. The van der Waals surface area contributed by atoms with Crippen molar-refractivity contribution >= 4 is 183 Å². The van der Waals surface area contributed by atoms with E-state index in [4.69, 9.17) is 11.5 Å². The molecule has 1 unspecified atom stereocenters. The van der Waals surface area contributed by atoms with E-state index in [1.807, 2.05) is 113 Å². The molecule has 22 heteroatoms.